The van der Waals surface area contributed by atoms with Crippen molar-refractivity contribution in [2.45, 2.75) is 32.7 Å². The molecule has 1 aliphatic heterocycles. The number of carbonyl (C=O) groups excluding carboxylic acids is 1. The molecule has 0 spiro atoms. The highest BCUT2D eigenvalue weighted by molar-refractivity contribution is 5.85. The van der Waals surface area contributed by atoms with Crippen LogP contribution in [0.25, 0.3) is 0 Å². The van der Waals surface area contributed by atoms with Crippen LogP contribution in [-0.4, -0.2) is 47.6 Å². The first-order chi connectivity index (χ1) is 10.5. The van der Waals surface area contributed by atoms with Crippen LogP contribution in [0, 0.1) is 12.8 Å². The maximum atomic E-state index is 12.2. The lowest BCUT2D eigenvalue weighted by Gasteiger charge is -2.23. The fourth-order valence-electron chi connectivity index (χ4n) is 2.87. The van der Waals surface area contributed by atoms with Crippen LogP contribution >= 0.6 is 12.4 Å². The number of hydrogen-bond donors (Lipinski definition) is 2. The van der Waals surface area contributed by atoms with Gasteiger partial charge in [-0.3, -0.25) is 14.5 Å². The van der Waals surface area contributed by atoms with Crippen molar-refractivity contribution < 1.29 is 14.7 Å². The third kappa shape index (κ3) is 5.22. The van der Waals surface area contributed by atoms with Gasteiger partial charge in [-0.15, -0.1) is 12.4 Å². The van der Waals surface area contributed by atoms with E-state index < -0.39 is 5.97 Å². The number of aliphatic carboxylic acids is 1. The van der Waals surface area contributed by atoms with E-state index >= 15 is 0 Å². The van der Waals surface area contributed by atoms with E-state index in [1.165, 1.54) is 11.1 Å². The largest absolute Gasteiger partial charge is 0.481 e. The van der Waals surface area contributed by atoms with Gasteiger partial charge in [-0.2, -0.15) is 0 Å². The molecule has 0 radical (unpaired) electrons. The van der Waals surface area contributed by atoms with Gasteiger partial charge in [0.15, 0.2) is 0 Å². The average Bonchev–Trinajstić information content (AvgIpc) is 2.98. The summed E-state index contributed by atoms with van der Waals surface area (Å²) in [5, 5.41) is 12.0. The number of carbonyl (C=O) groups is 2. The number of nitrogens with one attached hydrogen (secondary N) is 1. The van der Waals surface area contributed by atoms with E-state index in [0.717, 1.165) is 6.42 Å². The molecule has 0 bridgehead atoms. The maximum absolute atomic E-state index is 12.2. The van der Waals surface area contributed by atoms with E-state index in [1.807, 2.05) is 24.0 Å². The van der Waals surface area contributed by atoms with Crippen molar-refractivity contribution >= 4 is 24.3 Å². The summed E-state index contributed by atoms with van der Waals surface area (Å²) >= 11 is 0. The van der Waals surface area contributed by atoms with Crippen LogP contribution in [0.2, 0.25) is 0 Å². The highest BCUT2D eigenvalue weighted by Crippen LogP contribution is 2.18. The average molecular weight is 341 g/mol. The number of hydrogen-bond acceptors (Lipinski definition) is 3. The molecule has 0 aromatic heterocycles. The summed E-state index contributed by atoms with van der Waals surface area (Å²) in [6, 6.07) is 7.87. The monoisotopic (exact) mass is 340 g/mol. The zero-order chi connectivity index (χ0) is 16.1. The van der Waals surface area contributed by atoms with Gasteiger partial charge in [0.2, 0.25) is 5.91 Å². The van der Waals surface area contributed by atoms with Crippen molar-refractivity contribution in [1.29, 1.82) is 0 Å². The van der Waals surface area contributed by atoms with Crippen molar-refractivity contribution in [2.75, 3.05) is 19.6 Å². The fraction of sp³-hybridized carbons (Fsp3) is 0.529. The number of carboxylic acids is 1. The SMILES string of the molecule is Cc1ccccc1CCNC(=O)C(C)N1CCC(C(=O)O)C1.Cl. The highest BCUT2D eigenvalue weighted by Gasteiger charge is 2.32. The molecule has 1 aromatic rings. The van der Waals surface area contributed by atoms with Gasteiger partial charge in [-0.25, -0.2) is 0 Å². The molecule has 1 heterocycles. The van der Waals surface area contributed by atoms with Crippen molar-refractivity contribution in [2.24, 2.45) is 5.92 Å². The first kappa shape index (κ1) is 19.5. The number of rotatable bonds is 6. The molecule has 2 N–H and O–H groups in total. The summed E-state index contributed by atoms with van der Waals surface area (Å²) in [4.78, 5) is 25.1. The third-order valence-corrected chi connectivity index (χ3v) is 4.45. The lowest BCUT2D eigenvalue weighted by atomic mass is 10.1. The Balaban J connectivity index is 0.00000264. The quantitative estimate of drug-likeness (QED) is 0.829. The van der Waals surface area contributed by atoms with Crippen molar-refractivity contribution in [3.63, 3.8) is 0 Å². The van der Waals surface area contributed by atoms with Crippen molar-refractivity contribution in [3.05, 3.63) is 35.4 Å². The van der Waals surface area contributed by atoms with Gasteiger partial charge in [0.05, 0.1) is 12.0 Å². The molecule has 1 saturated heterocycles. The van der Waals surface area contributed by atoms with Crippen molar-refractivity contribution in [1.82, 2.24) is 10.2 Å². The minimum atomic E-state index is -0.769. The Bertz CT molecular complexity index is 550. The van der Waals surface area contributed by atoms with Gasteiger partial charge in [0.1, 0.15) is 0 Å². The normalized spacial score (nSPS) is 19.0. The number of halogens is 1. The molecular weight excluding hydrogens is 316 g/mol. The van der Waals surface area contributed by atoms with E-state index in [9.17, 15) is 9.59 Å². The Morgan fingerprint density at radius 2 is 2.09 bits per heavy atom. The lowest BCUT2D eigenvalue weighted by Crippen LogP contribution is -2.44. The molecule has 1 fully saturated rings. The molecule has 2 rings (SSSR count). The number of nitrogens with zero attached hydrogens (tertiary/aromatic N) is 1. The van der Waals surface area contributed by atoms with Crippen LogP contribution in [0.15, 0.2) is 24.3 Å². The maximum Gasteiger partial charge on any atom is 0.307 e. The summed E-state index contributed by atoms with van der Waals surface area (Å²) in [5.41, 5.74) is 2.47. The summed E-state index contributed by atoms with van der Waals surface area (Å²) in [5.74, 6) is -1.14. The molecule has 128 valence electrons. The summed E-state index contributed by atoms with van der Waals surface area (Å²) in [6.07, 6.45) is 1.43. The van der Waals surface area contributed by atoms with Gasteiger partial charge >= 0.3 is 5.97 Å². The van der Waals surface area contributed by atoms with Gasteiger partial charge in [-0.05, 0) is 44.4 Å². The minimum Gasteiger partial charge on any atom is -0.481 e. The van der Waals surface area contributed by atoms with Crippen LogP contribution in [0.1, 0.15) is 24.5 Å². The molecule has 0 saturated carbocycles. The third-order valence-electron chi connectivity index (χ3n) is 4.45. The molecule has 6 heteroatoms. The summed E-state index contributed by atoms with van der Waals surface area (Å²) < 4.78 is 0. The Hall–Kier alpha value is -1.59. The van der Waals surface area contributed by atoms with Crippen LogP contribution in [-0.2, 0) is 16.0 Å². The Kier molecular flexibility index (Phi) is 7.52. The molecular formula is C17H25ClN2O3. The van der Waals surface area contributed by atoms with Crippen LogP contribution in [0.3, 0.4) is 0 Å². The molecule has 23 heavy (non-hydrogen) atoms. The fourth-order valence-corrected chi connectivity index (χ4v) is 2.87. The van der Waals surface area contributed by atoms with E-state index in [2.05, 4.69) is 24.4 Å². The lowest BCUT2D eigenvalue weighted by molar-refractivity contribution is -0.141. The number of benzene rings is 1. The molecule has 2 unspecified atom stereocenters. The van der Waals surface area contributed by atoms with E-state index in [0.29, 0.717) is 26.1 Å². The first-order valence-electron chi connectivity index (χ1n) is 7.78. The Morgan fingerprint density at radius 3 is 2.70 bits per heavy atom. The molecule has 1 amide bonds. The van der Waals surface area contributed by atoms with Crippen LogP contribution < -0.4 is 5.32 Å². The van der Waals surface area contributed by atoms with E-state index in [1.54, 1.807) is 0 Å². The zero-order valence-electron chi connectivity index (χ0n) is 13.6. The standard InChI is InChI=1S/C17H24N2O3.ClH/c1-12-5-3-4-6-14(12)7-9-18-16(20)13(2)19-10-8-15(11-19)17(21)22;/h3-6,13,15H,7-11H2,1-2H3,(H,18,20)(H,21,22);1H. The second kappa shape index (κ2) is 8.89. The minimum absolute atomic E-state index is 0. The van der Waals surface area contributed by atoms with Crippen molar-refractivity contribution in [3.8, 4) is 0 Å². The zero-order valence-corrected chi connectivity index (χ0v) is 14.4. The van der Waals surface area contributed by atoms with E-state index in [-0.39, 0.29) is 30.3 Å². The smallest absolute Gasteiger partial charge is 0.307 e. The molecule has 2 atom stereocenters. The predicted octanol–water partition coefficient (Wildman–Crippen LogP) is 1.87. The number of likely N-dealkylation sites (tertiary alicyclic amines) is 1. The van der Waals surface area contributed by atoms with Crippen LogP contribution in [0.4, 0.5) is 0 Å². The van der Waals surface area contributed by atoms with Crippen LogP contribution in [0.5, 0.6) is 0 Å². The number of amides is 1. The molecule has 1 aliphatic rings. The topological polar surface area (TPSA) is 69.6 Å². The van der Waals surface area contributed by atoms with Gasteiger partial charge < -0.3 is 10.4 Å². The second-order valence-electron chi connectivity index (χ2n) is 5.96. The predicted molar refractivity (Wildman–Crippen MR) is 91.9 cm³/mol. The van der Waals surface area contributed by atoms with Gasteiger partial charge in [0, 0.05) is 13.1 Å². The summed E-state index contributed by atoms with van der Waals surface area (Å²) in [6.45, 7) is 5.64. The highest BCUT2D eigenvalue weighted by atomic mass is 35.5. The van der Waals surface area contributed by atoms with Gasteiger partial charge in [0.25, 0.3) is 0 Å². The molecule has 1 aromatic carbocycles. The molecule has 5 nitrogen and oxygen atoms in total. The van der Waals surface area contributed by atoms with E-state index in [4.69, 9.17) is 5.11 Å². The number of carboxylic acid groups (broad SMARTS) is 1. The Morgan fingerprint density at radius 1 is 1.39 bits per heavy atom. The second-order valence-corrected chi connectivity index (χ2v) is 5.96. The van der Waals surface area contributed by atoms with Gasteiger partial charge in [-0.1, -0.05) is 24.3 Å². The Labute approximate surface area is 143 Å². The molecule has 0 aliphatic carbocycles. The number of aryl methyl sites for hydroxylation is 1. The summed E-state index contributed by atoms with van der Waals surface area (Å²) in [7, 11) is 0. The first-order valence-corrected chi connectivity index (χ1v) is 7.78.